The Morgan fingerprint density at radius 1 is 1.50 bits per heavy atom. The summed E-state index contributed by atoms with van der Waals surface area (Å²) in [5.41, 5.74) is 1.06. The smallest absolute Gasteiger partial charge is 0.125 e. The van der Waals surface area contributed by atoms with Crippen LogP contribution in [0, 0.1) is 6.92 Å². The van der Waals surface area contributed by atoms with Gasteiger partial charge in [-0.25, -0.2) is 9.97 Å². The molecule has 0 saturated heterocycles. The largest absolute Gasteiger partial charge is 0.381 e. The van der Waals surface area contributed by atoms with Crippen LogP contribution in [0.25, 0.3) is 0 Å². The highest BCUT2D eigenvalue weighted by Crippen LogP contribution is 2.21. The SMILES string of the molecule is COC1CCC(NCc2ccnc(C)n2)C1. The van der Waals surface area contributed by atoms with Crippen molar-refractivity contribution in [2.45, 2.75) is 44.9 Å². The van der Waals surface area contributed by atoms with Crippen LogP contribution >= 0.6 is 0 Å². The van der Waals surface area contributed by atoms with Gasteiger partial charge in [-0.1, -0.05) is 0 Å². The second-order valence-electron chi connectivity index (χ2n) is 4.34. The van der Waals surface area contributed by atoms with Crippen molar-refractivity contribution >= 4 is 0 Å². The molecule has 0 radical (unpaired) electrons. The van der Waals surface area contributed by atoms with Crippen LogP contribution in [-0.4, -0.2) is 29.2 Å². The predicted octanol–water partition coefficient (Wildman–Crippen LogP) is 1.44. The molecule has 1 heterocycles. The first-order valence-electron chi connectivity index (χ1n) is 5.82. The molecule has 0 amide bonds. The van der Waals surface area contributed by atoms with Crippen molar-refractivity contribution in [1.82, 2.24) is 15.3 Å². The number of nitrogens with one attached hydrogen (secondary N) is 1. The fourth-order valence-corrected chi connectivity index (χ4v) is 2.19. The number of aromatic nitrogens is 2. The number of ether oxygens (including phenoxy) is 1. The molecule has 88 valence electrons. The monoisotopic (exact) mass is 221 g/mol. The lowest BCUT2D eigenvalue weighted by Crippen LogP contribution is -2.27. The summed E-state index contributed by atoms with van der Waals surface area (Å²) in [6, 6.07) is 2.53. The molecule has 1 aromatic rings. The first-order chi connectivity index (χ1) is 7.78. The molecule has 0 aliphatic heterocycles. The zero-order valence-electron chi connectivity index (χ0n) is 9.94. The second-order valence-corrected chi connectivity index (χ2v) is 4.34. The van der Waals surface area contributed by atoms with Gasteiger partial charge < -0.3 is 10.1 Å². The Bertz CT molecular complexity index is 343. The topological polar surface area (TPSA) is 47.0 Å². The van der Waals surface area contributed by atoms with E-state index >= 15 is 0 Å². The van der Waals surface area contributed by atoms with E-state index in [1.165, 1.54) is 6.42 Å². The third-order valence-electron chi connectivity index (χ3n) is 3.12. The lowest BCUT2D eigenvalue weighted by molar-refractivity contribution is 0.107. The van der Waals surface area contributed by atoms with Crippen LogP contribution in [0.15, 0.2) is 12.3 Å². The van der Waals surface area contributed by atoms with Crippen molar-refractivity contribution in [3.63, 3.8) is 0 Å². The van der Waals surface area contributed by atoms with Gasteiger partial charge in [0, 0.05) is 25.9 Å². The molecule has 4 heteroatoms. The zero-order chi connectivity index (χ0) is 11.4. The van der Waals surface area contributed by atoms with Gasteiger partial charge in [0.2, 0.25) is 0 Å². The highest BCUT2D eigenvalue weighted by molar-refractivity contribution is 5.01. The molecule has 1 aliphatic carbocycles. The van der Waals surface area contributed by atoms with Crippen LogP contribution in [0.2, 0.25) is 0 Å². The average Bonchev–Trinajstić information content (AvgIpc) is 2.74. The summed E-state index contributed by atoms with van der Waals surface area (Å²) in [6.45, 7) is 2.74. The molecule has 2 unspecified atom stereocenters. The molecule has 0 aromatic carbocycles. The summed E-state index contributed by atoms with van der Waals surface area (Å²) in [4.78, 5) is 8.45. The van der Waals surface area contributed by atoms with Gasteiger partial charge in [0.25, 0.3) is 0 Å². The maximum atomic E-state index is 5.35. The fraction of sp³-hybridized carbons (Fsp3) is 0.667. The first-order valence-corrected chi connectivity index (χ1v) is 5.82. The van der Waals surface area contributed by atoms with Crippen molar-refractivity contribution in [3.05, 3.63) is 23.8 Å². The molecule has 2 atom stereocenters. The van der Waals surface area contributed by atoms with Crippen LogP contribution in [0.1, 0.15) is 30.8 Å². The van der Waals surface area contributed by atoms with E-state index in [0.717, 1.165) is 30.9 Å². The molecule has 1 fully saturated rings. The van der Waals surface area contributed by atoms with Crippen molar-refractivity contribution in [3.8, 4) is 0 Å². The number of methoxy groups -OCH3 is 1. The zero-order valence-corrected chi connectivity index (χ0v) is 9.94. The van der Waals surface area contributed by atoms with Crippen molar-refractivity contribution < 1.29 is 4.74 Å². The van der Waals surface area contributed by atoms with Gasteiger partial charge in [-0.15, -0.1) is 0 Å². The van der Waals surface area contributed by atoms with Gasteiger partial charge in [0.05, 0.1) is 11.8 Å². The Balaban J connectivity index is 1.80. The Labute approximate surface area is 96.4 Å². The third-order valence-corrected chi connectivity index (χ3v) is 3.12. The number of hydrogen-bond acceptors (Lipinski definition) is 4. The Hall–Kier alpha value is -1.00. The van der Waals surface area contributed by atoms with Gasteiger partial charge in [0.1, 0.15) is 5.82 Å². The highest BCUT2D eigenvalue weighted by atomic mass is 16.5. The molecular weight excluding hydrogens is 202 g/mol. The first kappa shape index (κ1) is 11.5. The summed E-state index contributed by atoms with van der Waals surface area (Å²) < 4.78 is 5.35. The quantitative estimate of drug-likeness (QED) is 0.835. The molecule has 1 N–H and O–H groups in total. The average molecular weight is 221 g/mol. The highest BCUT2D eigenvalue weighted by Gasteiger charge is 2.23. The van der Waals surface area contributed by atoms with Crippen LogP contribution in [0.3, 0.4) is 0 Å². The maximum Gasteiger partial charge on any atom is 0.125 e. The number of nitrogens with zero attached hydrogens (tertiary/aromatic N) is 2. The van der Waals surface area contributed by atoms with Crippen LogP contribution < -0.4 is 5.32 Å². The number of aryl methyl sites for hydroxylation is 1. The standard InChI is InChI=1S/C12H19N3O/c1-9-13-6-5-11(15-9)8-14-10-3-4-12(7-10)16-2/h5-6,10,12,14H,3-4,7-8H2,1-2H3. The molecule has 0 spiro atoms. The minimum Gasteiger partial charge on any atom is -0.381 e. The van der Waals surface area contributed by atoms with E-state index in [9.17, 15) is 0 Å². The molecule has 4 nitrogen and oxygen atoms in total. The van der Waals surface area contributed by atoms with Gasteiger partial charge in [-0.05, 0) is 32.3 Å². The minimum atomic E-state index is 0.435. The van der Waals surface area contributed by atoms with E-state index in [2.05, 4.69) is 15.3 Å². The van der Waals surface area contributed by atoms with Crippen LogP contribution in [0.5, 0.6) is 0 Å². The maximum absolute atomic E-state index is 5.35. The van der Waals surface area contributed by atoms with E-state index in [1.54, 1.807) is 7.11 Å². The molecule has 16 heavy (non-hydrogen) atoms. The number of rotatable bonds is 4. The Morgan fingerprint density at radius 2 is 2.38 bits per heavy atom. The van der Waals surface area contributed by atoms with E-state index < -0.39 is 0 Å². The van der Waals surface area contributed by atoms with Gasteiger partial charge >= 0.3 is 0 Å². The molecule has 0 bridgehead atoms. The predicted molar refractivity (Wildman–Crippen MR) is 62.0 cm³/mol. The summed E-state index contributed by atoms with van der Waals surface area (Å²) in [6.07, 6.45) is 5.72. The van der Waals surface area contributed by atoms with Crippen LogP contribution in [0.4, 0.5) is 0 Å². The summed E-state index contributed by atoms with van der Waals surface area (Å²) in [5, 5.41) is 3.52. The molecular formula is C12H19N3O. The van der Waals surface area contributed by atoms with E-state index in [4.69, 9.17) is 4.74 Å². The molecule has 2 rings (SSSR count). The van der Waals surface area contributed by atoms with E-state index in [0.29, 0.717) is 12.1 Å². The van der Waals surface area contributed by atoms with Gasteiger partial charge in [-0.2, -0.15) is 0 Å². The third kappa shape index (κ3) is 3.00. The summed E-state index contributed by atoms with van der Waals surface area (Å²) in [7, 11) is 1.79. The normalized spacial score (nSPS) is 24.9. The molecule has 1 aliphatic rings. The van der Waals surface area contributed by atoms with E-state index in [-0.39, 0.29) is 0 Å². The van der Waals surface area contributed by atoms with Gasteiger partial charge in [-0.3, -0.25) is 0 Å². The number of hydrogen-bond donors (Lipinski definition) is 1. The van der Waals surface area contributed by atoms with Crippen molar-refractivity contribution in [2.24, 2.45) is 0 Å². The van der Waals surface area contributed by atoms with Crippen molar-refractivity contribution in [1.29, 1.82) is 0 Å². The van der Waals surface area contributed by atoms with Crippen molar-refractivity contribution in [2.75, 3.05) is 7.11 Å². The fourth-order valence-electron chi connectivity index (χ4n) is 2.19. The lowest BCUT2D eigenvalue weighted by atomic mass is 10.2. The Morgan fingerprint density at radius 3 is 3.06 bits per heavy atom. The van der Waals surface area contributed by atoms with Crippen LogP contribution in [-0.2, 0) is 11.3 Å². The Kier molecular flexibility index (Phi) is 3.85. The molecule has 1 saturated carbocycles. The summed E-state index contributed by atoms with van der Waals surface area (Å²) in [5.74, 6) is 0.834. The molecule has 1 aromatic heterocycles. The van der Waals surface area contributed by atoms with E-state index in [1.807, 2.05) is 19.2 Å². The lowest BCUT2D eigenvalue weighted by Gasteiger charge is -2.12. The minimum absolute atomic E-state index is 0.435. The second kappa shape index (κ2) is 5.37. The van der Waals surface area contributed by atoms with Gasteiger partial charge in [0.15, 0.2) is 0 Å². The summed E-state index contributed by atoms with van der Waals surface area (Å²) >= 11 is 0.